The van der Waals surface area contributed by atoms with E-state index < -0.39 is 6.04 Å². The molecule has 1 aliphatic rings. The molecule has 1 fully saturated rings. The monoisotopic (exact) mass is 177 g/mol. The fourth-order valence-corrected chi connectivity index (χ4v) is 1.54. The Bertz CT molecular complexity index is 310. The quantitative estimate of drug-likeness (QED) is 0.641. The number of carbonyl (C=O) groups is 1. The van der Waals surface area contributed by atoms with Gasteiger partial charge in [0.15, 0.2) is 0 Å². The van der Waals surface area contributed by atoms with Crippen molar-refractivity contribution < 1.29 is 9.53 Å². The van der Waals surface area contributed by atoms with Crippen LogP contribution in [0.4, 0.5) is 0 Å². The molecule has 13 heavy (non-hydrogen) atoms. The summed E-state index contributed by atoms with van der Waals surface area (Å²) < 4.78 is 4.87. The molecule has 0 radical (unpaired) electrons. The molecular formula is C10H11NO2. The van der Waals surface area contributed by atoms with E-state index in [-0.39, 0.29) is 11.9 Å². The van der Waals surface area contributed by atoms with Gasteiger partial charge in [-0.3, -0.25) is 4.79 Å². The normalized spacial score (nSPS) is 27.3. The summed E-state index contributed by atoms with van der Waals surface area (Å²) in [5.74, 6) is -0.275. The summed E-state index contributed by atoms with van der Waals surface area (Å²) in [6.07, 6.45) is 0. The first kappa shape index (κ1) is 8.26. The van der Waals surface area contributed by atoms with Crippen LogP contribution in [0.1, 0.15) is 11.5 Å². The summed E-state index contributed by atoms with van der Waals surface area (Å²) in [6.45, 7) is 0.407. The third-order valence-corrected chi connectivity index (χ3v) is 2.34. The number of cyclic esters (lactones) is 1. The number of hydrogen-bond acceptors (Lipinski definition) is 3. The van der Waals surface area contributed by atoms with E-state index in [4.69, 9.17) is 10.5 Å². The van der Waals surface area contributed by atoms with Crippen molar-refractivity contribution in [3.8, 4) is 0 Å². The summed E-state index contributed by atoms with van der Waals surface area (Å²) in [7, 11) is 0. The van der Waals surface area contributed by atoms with Crippen molar-refractivity contribution in [2.45, 2.75) is 12.0 Å². The first-order valence-electron chi connectivity index (χ1n) is 4.26. The molecule has 0 spiro atoms. The molecule has 2 atom stereocenters. The summed E-state index contributed by atoms with van der Waals surface area (Å²) in [5.41, 5.74) is 6.75. The Labute approximate surface area is 76.5 Å². The Hall–Kier alpha value is -1.35. The largest absolute Gasteiger partial charge is 0.464 e. The number of hydrogen-bond donors (Lipinski definition) is 1. The van der Waals surface area contributed by atoms with Gasteiger partial charge in [0.25, 0.3) is 0 Å². The van der Waals surface area contributed by atoms with Crippen molar-refractivity contribution in [3.05, 3.63) is 35.9 Å². The minimum Gasteiger partial charge on any atom is -0.464 e. The van der Waals surface area contributed by atoms with Gasteiger partial charge in [-0.25, -0.2) is 0 Å². The highest BCUT2D eigenvalue weighted by Gasteiger charge is 2.34. The van der Waals surface area contributed by atoms with Crippen LogP contribution in [-0.4, -0.2) is 18.6 Å². The van der Waals surface area contributed by atoms with Crippen LogP contribution in [-0.2, 0) is 9.53 Å². The molecule has 1 saturated heterocycles. The van der Waals surface area contributed by atoms with E-state index in [9.17, 15) is 4.79 Å². The molecule has 0 aromatic heterocycles. The van der Waals surface area contributed by atoms with E-state index >= 15 is 0 Å². The minimum atomic E-state index is -0.498. The molecule has 68 valence electrons. The highest BCUT2D eigenvalue weighted by atomic mass is 16.5. The van der Waals surface area contributed by atoms with Gasteiger partial charge in [-0.2, -0.15) is 0 Å². The van der Waals surface area contributed by atoms with Gasteiger partial charge in [0.05, 0.1) is 0 Å². The lowest BCUT2D eigenvalue weighted by Crippen LogP contribution is -2.30. The Morgan fingerprint density at radius 1 is 1.31 bits per heavy atom. The van der Waals surface area contributed by atoms with Crippen LogP contribution in [0.5, 0.6) is 0 Å². The molecule has 1 aromatic carbocycles. The molecule has 3 nitrogen and oxygen atoms in total. The summed E-state index contributed by atoms with van der Waals surface area (Å²) >= 11 is 0. The van der Waals surface area contributed by atoms with Crippen molar-refractivity contribution in [2.24, 2.45) is 5.73 Å². The van der Waals surface area contributed by atoms with E-state index in [1.807, 2.05) is 30.3 Å². The SMILES string of the molecule is NC1C(=O)OCC1c1ccccc1. The number of benzene rings is 1. The van der Waals surface area contributed by atoms with Gasteiger partial charge in [-0.05, 0) is 5.56 Å². The first-order chi connectivity index (χ1) is 6.29. The smallest absolute Gasteiger partial charge is 0.323 e. The highest BCUT2D eigenvalue weighted by Crippen LogP contribution is 2.24. The summed E-state index contributed by atoms with van der Waals surface area (Å²) in [6, 6.07) is 9.24. The number of rotatable bonds is 1. The second kappa shape index (κ2) is 3.18. The zero-order valence-corrected chi connectivity index (χ0v) is 7.14. The van der Waals surface area contributed by atoms with Gasteiger partial charge in [0.1, 0.15) is 12.6 Å². The van der Waals surface area contributed by atoms with Gasteiger partial charge in [0.2, 0.25) is 0 Å². The Morgan fingerprint density at radius 2 is 2.00 bits per heavy atom. The lowest BCUT2D eigenvalue weighted by atomic mass is 9.95. The van der Waals surface area contributed by atoms with Crippen LogP contribution in [0.2, 0.25) is 0 Å². The second-order valence-corrected chi connectivity index (χ2v) is 3.17. The summed E-state index contributed by atoms with van der Waals surface area (Å²) in [4.78, 5) is 11.0. The molecule has 2 rings (SSSR count). The summed E-state index contributed by atoms with van der Waals surface area (Å²) in [5, 5.41) is 0. The van der Waals surface area contributed by atoms with Crippen LogP contribution in [0.25, 0.3) is 0 Å². The standard InChI is InChI=1S/C10H11NO2/c11-9-8(6-13-10(9)12)7-4-2-1-3-5-7/h1-5,8-9H,6,11H2. The van der Waals surface area contributed by atoms with Crippen molar-refractivity contribution in [3.63, 3.8) is 0 Å². The van der Waals surface area contributed by atoms with Gasteiger partial charge in [-0.15, -0.1) is 0 Å². The molecule has 0 amide bonds. The number of ether oxygens (including phenoxy) is 1. The maximum atomic E-state index is 11.0. The topological polar surface area (TPSA) is 52.3 Å². The van der Waals surface area contributed by atoms with Gasteiger partial charge in [0, 0.05) is 5.92 Å². The maximum absolute atomic E-state index is 11.0. The lowest BCUT2D eigenvalue weighted by molar-refractivity contribution is -0.139. The zero-order valence-electron chi connectivity index (χ0n) is 7.14. The predicted octanol–water partition coefficient (Wildman–Crippen LogP) is 0.654. The molecule has 0 aliphatic carbocycles. The number of carbonyl (C=O) groups excluding carboxylic acids is 1. The molecule has 1 aliphatic heterocycles. The van der Waals surface area contributed by atoms with Crippen LogP contribution < -0.4 is 5.73 Å². The third kappa shape index (κ3) is 1.42. The van der Waals surface area contributed by atoms with E-state index in [1.54, 1.807) is 0 Å². The van der Waals surface area contributed by atoms with Crippen molar-refractivity contribution >= 4 is 5.97 Å². The fraction of sp³-hybridized carbons (Fsp3) is 0.300. The van der Waals surface area contributed by atoms with E-state index in [0.717, 1.165) is 5.56 Å². The minimum absolute atomic E-state index is 0.0219. The Morgan fingerprint density at radius 3 is 2.54 bits per heavy atom. The van der Waals surface area contributed by atoms with Crippen molar-refractivity contribution in [1.29, 1.82) is 0 Å². The molecular weight excluding hydrogens is 166 g/mol. The molecule has 2 N–H and O–H groups in total. The Balaban J connectivity index is 2.24. The number of nitrogens with two attached hydrogens (primary N) is 1. The van der Waals surface area contributed by atoms with Crippen molar-refractivity contribution in [2.75, 3.05) is 6.61 Å². The predicted molar refractivity (Wildman–Crippen MR) is 48.1 cm³/mol. The maximum Gasteiger partial charge on any atom is 0.323 e. The molecule has 1 heterocycles. The van der Waals surface area contributed by atoms with Gasteiger partial charge < -0.3 is 10.5 Å². The third-order valence-electron chi connectivity index (χ3n) is 2.34. The molecule has 3 heteroatoms. The lowest BCUT2D eigenvalue weighted by Gasteiger charge is -2.10. The zero-order chi connectivity index (χ0) is 9.26. The highest BCUT2D eigenvalue weighted by molar-refractivity contribution is 5.79. The first-order valence-corrected chi connectivity index (χ1v) is 4.26. The molecule has 1 aromatic rings. The molecule has 0 bridgehead atoms. The molecule has 0 saturated carbocycles. The van der Waals surface area contributed by atoms with Crippen LogP contribution in [0.3, 0.4) is 0 Å². The fourth-order valence-electron chi connectivity index (χ4n) is 1.54. The Kier molecular flexibility index (Phi) is 2.02. The average Bonchev–Trinajstić information content (AvgIpc) is 2.49. The van der Waals surface area contributed by atoms with E-state index in [1.165, 1.54) is 0 Å². The van der Waals surface area contributed by atoms with Crippen LogP contribution in [0.15, 0.2) is 30.3 Å². The van der Waals surface area contributed by atoms with Gasteiger partial charge >= 0.3 is 5.97 Å². The van der Waals surface area contributed by atoms with Gasteiger partial charge in [-0.1, -0.05) is 30.3 Å². The van der Waals surface area contributed by atoms with Crippen molar-refractivity contribution in [1.82, 2.24) is 0 Å². The van der Waals surface area contributed by atoms with E-state index in [0.29, 0.717) is 6.61 Å². The van der Waals surface area contributed by atoms with Crippen LogP contribution in [0, 0.1) is 0 Å². The van der Waals surface area contributed by atoms with E-state index in [2.05, 4.69) is 0 Å². The molecule has 2 unspecified atom stereocenters. The number of esters is 1. The van der Waals surface area contributed by atoms with Crippen LogP contribution >= 0.6 is 0 Å². The second-order valence-electron chi connectivity index (χ2n) is 3.17. The average molecular weight is 177 g/mol.